The molecule has 2 aliphatic carbocycles. The van der Waals surface area contributed by atoms with Crippen LogP contribution in [0.1, 0.15) is 61.6 Å². The second-order valence-corrected chi connectivity index (χ2v) is 11.3. The summed E-state index contributed by atoms with van der Waals surface area (Å²) in [7, 11) is 4.29. The van der Waals surface area contributed by atoms with Crippen LogP contribution in [0.2, 0.25) is 0 Å². The van der Waals surface area contributed by atoms with Gasteiger partial charge >= 0.3 is 12.2 Å². The summed E-state index contributed by atoms with van der Waals surface area (Å²) in [6, 6.07) is 15.9. The number of hydrogen-bond donors (Lipinski definition) is 0. The first kappa shape index (κ1) is 25.1. The zero-order valence-corrected chi connectivity index (χ0v) is 21.2. The second kappa shape index (κ2) is 9.40. The zero-order chi connectivity index (χ0) is 25.6. The van der Waals surface area contributed by atoms with Gasteiger partial charge in [-0.2, -0.15) is 13.2 Å². The summed E-state index contributed by atoms with van der Waals surface area (Å²) in [6.45, 7) is 1.78. The molecular weight excluding hydrogens is 463 g/mol. The van der Waals surface area contributed by atoms with Gasteiger partial charge in [0.05, 0.1) is 11.1 Å². The van der Waals surface area contributed by atoms with Gasteiger partial charge in [-0.1, -0.05) is 48.9 Å². The molecule has 194 valence electrons. The van der Waals surface area contributed by atoms with Crippen LogP contribution in [0.4, 0.5) is 18.0 Å². The number of amides is 2. The Labute approximate surface area is 212 Å². The monoisotopic (exact) mass is 499 g/mol. The normalized spacial score (nSPS) is 27.2. The first-order chi connectivity index (χ1) is 17.1. The van der Waals surface area contributed by atoms with Crippen molar-refractivity contribution < 1.29 is 18.0 Å². The van der Waals surface area contributed by atoms with Gasteiger partial charge in [0.1, 0.15) is 0 Å². The van der Waals surface area contributed by atoms with Gasteiger partial charge in [-0.05, 0) is 81.8 Å². The predicted molar refractivity (Wildman–Crippen MR) is 134 cm³/mol. The van der Waals surface area contributed by atoms with Gasteiger partial charge in [0, 0.05) is 25.2 Å². The highest BCUT2D eigenvalue weighted by molar-refractivity contribution is 5.78. The lowest BCUT2D eigenvalue weighted by molar-refractivity contribution is -0.137. The van der Waals surface area contributed by atoms with E-state index in [9.17, 15) is 18.0 Å². The third-order valence-electron chi connectivity index (χ3n) is 9.05. The Morgan fingerprint density at radius 1 is 0.944 bits per heavy atom. The summed E-state index contributed by atoms with van der Waals surface area (Å²) in [6.07, 6.45) is 2.98. The molecule has 0 atom stereocenters. The van der Waals surface area contributed by atoms with Gasteiger partial charge in [-0.25, -0.2) is 4.79 Å². The highest BCUT2D eigenvalue weighted by Crippen LogP contribution is 2.49. The molecular formula is C29H36F3N3O. The summed E-state index contributed by atoms with van der Waals surface area (Å²) in [4.78, 5) is 20.1. The zero-order valence-electron chi connectivity index (χ0n) is 21.2. The van der Waals surface area contributed by atoms with Crippen molar-refractivity contribution in [1.29, 1.82) is 0 Å². The van der Waals surface area contributed by atoms with Gasteiger partial charge in [0.15, 0.2) is 0 Å². The topological polar surface area (TPSA) is 26.8 Å². The van der Waals surface area contributed by atoms with Gasteiger partial charge in [0.2, 0.25) is 0 Å². The van der Waals surface area contributed by atoms with Crippen LogP contribution in [0.25, 0.3) is 0 Å². The van der Waals surface area contributed by atoms with E-state index in [1.807, 2.05) is 11.0 Å². The molecule has 0 N–H and O–H groups in total. The Morgan fingerprint density at radius 3 is 2.11 bits per heavy atom. The summed E-state index contributed by atoms with van der Waals surface area (Å²) in [5, 5.41) is 0. The Morgan fingerprint density at radius 2 is 1.58 bits per heavy atom. The molecule has 1 heterocycles. The van der Waals surface area contributed by atoms with Gasteiger partial charge in [-0.15, -0.1) is 0 Å². The average Bonchev–Trinajstić information content (AvgIpc) is 3.07. The number of nitrogens with zero attached hydrogens (tertiary/aromatic N) is 3. The molecule has 7 heteroatoms. The van der Waals surface area contributed by atoms with Crippen LogP contribution in [-0.4, -0.2) is 53.5 Å². The number of rotatable bonds is 6. The van der Waals surface area contributed by atoms with Crippen LogP contribution in [0.5, 0.6) is 0 Å². The first-order valence-corrected chi connectivity index (χ1v) is 13.1. The SMILES string of the molecule is CN(C)[C@]1(c2ccccc2)CC[C@]2(CC1)CN(Cc1ccc(C(F)(F)F)cc1)C(=O)N2CC1CCC1. The molecule has 3 fully saturated rings. The lowest BCUT2D eigenvalue weighted by Crippen LogP contribution is -2.56. The van der Waals surface area contributed by atoms with Crippen LogP contribution in [0, 0.1) is 5.92 Å². The molecule has 0 bridgehead atoms. The number of carbonyl (C=O) groups excluding carboxylic acids is 1. The fourth-order valence-electron chi connectivity index (χ4n) is 6.53. The third-order valence-corrected chi connectivity index (χ3v) is 9.05. The largest absolute Gasteiger partial charge is 0.416 e. The lowest BCUT2D eigenvalue weighted by Gasteiger charge is -2.51. The van der Waals surface area contributed by atoms with Crippen molar-refractivity contribution >= 4 is 6.03 Å². The Kier molecular flexibility index (Phi) is 6.56. The Bertz CT molecular complexity index is 1060. The van der Waals surface area contributed by atoms with Crippen molar-refractivity contribution in [3.05, 3.63) is 71.3 Å². The molecule has 36 heavy (non-hydrogen) atoms. The van der Waals surface area contributed by atoms with E-state index in [0.29, 0.717) is 19.0 Å². The fraction of sp³-hybridized carbons (Fsp3) is 0.552. The van der Waals surface area contributed by atoms with Crippen LogP contribution in [0.15, 0.2) is 54.6 Å². The van der Waals surface area contributed by atoms with Crippen molar-refractivity contribution in [2.75, 3.05) is 27.2 Å². The quantitative estimate of drug-likeness (QED) is 0.453. The van der Waals surface area contributed by atoms with Crippen molar-refractivity contribution in [3.8, 4) is 0 Å². The summed E-state index contributed by atoms with van der Waals surface area (Å²) in [5.74, 6) is 0.562. The molecule has 1 saturated heterocycles. The highest BCUT2D eigenvalue weighted by atomic mass is 19.4. The molecule has 2 amide bonds. The van der Waals surface area contributed by atoms with Crippen LogP contribution in [-0.2, 0) is 18.3 Å². The Balaban J connectivity index is 1.37. The lowest BCUT2D eigenvalue weighted by atomic mass is 9.68. The second-order valence-electron chi connectivity index (χ2n) is 11.3. The molecule has 2 aromatic carbocycles. The molecule has 3 aliphatic rings. The van der Waals surface area contributed by atoms with Crippen molar-refractivity contribution in [2.45, 2.75) is 68.7 Å². The summed E-state index contributed by atoms with van der Waals surface area (Å²) in [5.41, 5.74) is 1.13. The predicted octanol–water partition coefficient (Wildman–Crippen LogP) is 6.51. The third kappa shape index (κ3) is 4.51. The maximum Gasteiger partial charge on any atom is 0.416 e. The molecule has 5 rings (SSSR count). The molecule has 2 saturated carbocycles. The number of halogens is 3. The Hall–Kier alpha value is -2.54. The van der Waals surface area contributed by atoms with Crippen molar-refractivity contribution in [3.63, 3.8) is 0 Å². The van der Waals surface area contributed by atoms with E-state index in [1.165, 1.54) is 37.0 Å². The highest BCUT2D eigenvalue weighted by Gasteiger charge is 2.54. The molecule has 0 aromatic heterocycles. The van der Waals surface area contributed by atoms with E-state index in [4.69, 9.17) is 0 Å². The molecule has 1 aliphatic heterocycles. The van der Waals surface area contributed by atoms with Gasteiger partial charge in [0.25, 0.3) is 0 Å². The van der Waals surface area contributed by atoms with E-state index in [0.717, 1.165) is 49.9 Å². The van der Waals surface area contributed by atoms with E-state index in [-0.39, 0.29) is 17.1 Å². The van der Waals surface area contributed by atoms with E-state index >= 15 is 0 Å². The number of carbonyl (C=O) groups is 1. The van der Waals surface area contributed by atoms with Crippen LogP contribution in [0.3, 0.4) is 0 Å². The van der Waals surface area contributed by atoms with Crippen LogP contribution >= 0.6 is 0 Å². The fourth-order valence-corrected chi connectivity index (χ4v) is 6.53. The van der Waals surface area contributed by atoms with E-state index in [1.54, 1.807) is 0 Å². The maximum absolute atomic E-state index is 13.7. The minimum absolute atomic E-state index is 0.0406. The number of benzene rings is 2. The number of alkyl halides is 3. The number of hydrogen-bond acceptors (Lipinski definition) is 2. The smallest absolute Gasteiger partial charge is 0.318 e. The maximum atomic E-state index is 13.7. The van der Waals surface area contributed by atoms with Gasteiger partial charge in [-0.3, -0.25) is 4.90 Å². The molecule has 0 unspecified atom stereocenters. The molecule has 2 aromatic rings. The molecule has 1 spiro atoms. The number of urea groups is 1. The molecule has 0 radical (unpaired) electrons. The van der Waals surface area contributed by atoms with E-state index in [2.05, 4.69) is 48.2 Å². The van der Waals surface area contributed by atoms with Crippen molar-refractivity contribution in [2.24, 2.45) is 5.92 Å². The standard InChI is InChI=1S/C29H36F3N3O/c1-33(2)28(24-9-4-3-5-10-24)17-15-27(16-18-28)21-34(26(36)35(27)20-22-7-6-8-22)19-23-11-13-25(14-12-23)29(30,31)32/h3-5,9-14,22H,6-8,15-21H2,1-2H3/t27-,28+. The van der Waals surface area contributed by atoms with Gasteiger partial charge < -0.3 is 9.80 Å². The summed E-state index contributed by atoms with van der Waals surface area (Å²) < 4.78 is 39.0. The van der Waals surface area contributed by atoms with Crippen LogP contribution < -0.4 is 0 Å². The first-order valence-electron chi connectivity index (χ1n) is 13.1. The average molecular weight is 500 g/mol. The minimum Gasteiger partial charge on any atom is -0.318 e. The summed E-state index contributed by atoms with van der Waals surface area (Å²) >= 11 is 0. The molecule has 4 nitrogen and oxygen atoms in total. The van der Waals surface area contributed by atoms with Crippen molar-refractivity contribution in [1.82, 2.24) is 14.7 Å². The minimum atomic E-state index is -4.36. The van der Waals surface area contributed by atoms with E-state index < -0.39 is 11.7 Å².